The molecule has 1 heterocycles. The van der Waals surface area contributed by atoms with E-state index in [0.717, 1.165) is 5.56 Å². The summed E-state index contributed by atoms with van der Waals surface area (Å²) in [7, 11) is 6.17. The van der Waals surface area contributed by atoms with Gasteiger partial charge in [-0.3, -0.25) is 4.79 Å². The van der Waals surface area contributed by atoms with E-state index < -0.39 is 0 Å². The van der Waals surface area contributed by atoms with Crippen molar-refractivity contribution in [1.29, 1.82) is 0 Å². The van der Waals surface area contributed by atoms with Crippen LogP contribution in [0.15, 0.2) is 24.3 Å². The molecule has 0 atom stereocenters. The van der Waals surface area contributed by atoms with E-state index in [-0.39, 0.29) is 12.5 Å². The number of carbonyl (C=O) groups is 1. The van der Waals surface area contributed by atoms with E-state index in [4.69, 9.17) is 28.4 Å². The number of fused-ring (bicyclic) bond motifs is 1. The van der Waals surface area contributed by atoms with Gasteiger partial charge >= 0.3 is 0 Å². The highest BCUT2D eigenvalue weighted by atomic mass is 16.6. The summed E-state index contributed by atoms with van der Waals surface area (Å²) in [5.74, 6) is 2.83. The summed E-state index contributed by atoms with van der Waals surface area (Å²) >= 11 is 0. The average Bonchev–Trinajstić information content (AvgIpc) is 2.75. The Morgan fingerprint density at radius 2 is 1.50 bits per heavy atom. The molecule has 0 radical (unpaired) electrons. The SMILES string of the molecule is COc1cc(OC)c(OC)cc1CNC(=O)c1cc(OC)c2c(c1)OCCO2. The van der Waals surface area contributed by atoms with Crippen molar-refractivity contribution in [3.8, 4) is 34.5 Å². The zero-order valence-corrected chi connectivity index (χ0v) is 16.3. The van der Waals surface area contributed by atoms with E-state index in [1.807, 2.05) is 0 Å². The number of amides is 1. The van der Waals surface area contributed by atoms with Crippen molar-refractivity contribution in [1.82, 2.24) is 5.32 Å². The second-order valence-electron chi connectivity index (χ2n) is 5.90. The quantitative estimate of drug-likeness (QED) is 0.778. The highest BCUT2D eigenvalue weighted by Gasteiger charge is 2.21. The molecule has 8 heteroatoms. The number of benzene rings is 2. The minimum absolute atomic E-state index is 0.235. The van der Waals surface area contributed by atoms with Crippen molar-refractivity contribution in [2.45, 2.75) is 6.54 Å². The van der Waals surface area contributed by atoms with Gasteiger partial charge in [-0.15, -0.1) is 0 Å². The first kappa shape index (κ1) is 19.5. The van der Waals surface area contributed by atoms with Crippen LogP contribution in [0.25, 0.3) is 0 Å². The van der Waals surface area contributed by atoms with Crippen molar-refractivity contribution in [3.05, 3.63) is 35.4 Å². The van der Waals surface area contributed by atoms with Gasteiger partial charge < -0.3 is 33.7 Å². The molecule has 3 rings (SSSR count). The minimum atomic E-state index is -0.285. The van der Waals surface area contributed by atoms with Gasteiger partial charge in [0.05, 0.1) is 28.4 Å². The Labute approximate surface area is 163 Å². The maximum Gasteiger partial charge on any atom is 0.251 e. The van der Waals surface area contributed by atoms with Crippen LogP contribution < -0.4 is 33.7 Å². The van der Waals surface area contributed by atoms with Crippen LogP contribution in [-0.4, -0.2) is 47.6 Å². The normalized spacial score (nSPS) is 12.1. The predicted octanol–water partition coefficient (Wildman–Crippen LogP) is 2.42. The molecule has 2 aromatic rings. The Balaban J connectivity index is 1.81. The first-order chi connectivity index (χ1) is 13.6. The van der Waals surface area contributed by atoms with Crippen LogP contribution in [0, 0.1) is 0 Å². The molecule has 0 spiro atoms. The molecular formula is C20H23NO7. The van der Waals surface area contributed by atoms with Gasteiger partial charge in [0.15, 0.2) is 23.0 Å². The van der Waals surface area contributed by atoms with Gasteiger partial charge in [-0.2, -0.15) is 0 Å². The number of methoxy groups -OCH3 is 4. The molecule has 1 aliphatic heterocycles. The van der Waals surface area contributed by atoms with Gasteiger partial charge in [0.2, 0.25) is 5.75 Å². The van der Waals surface area contributed by atoms with Crippen molar-refractivity contribution < 1.29 is 33.2 Å². The average molecular weight is 389 g/mol. The first-order valence-electron chi connectivity index (χ1n) is 8.66. The van der Waals surface area contributed by atoms with Crippen LogP contribution in [0.3, 0.4) is 0 Å². The van der Waals surface area contributed by atoms with Crippen LogP contribution in [0.1, 0.15) is 15.9 Å². The van der Waals surface area contributed by atoms with Crippen LogP contribution in [0.2, 0.25) is 0 Å². The predicted molar refractivity (Wildman–Crippen MR) is 101 cm³/mol. The fourth-order valence-electron chi connectivity index (χ4n) is 2.91. The molecule has 0 unspecified atom stereocenters. The first-order valence-corrected chi connectivity index (χ1v) is 8.66. The van der Waals surface area contributed by atoms with Gasteiger partial charge in [0, 0.05) is 23.7 Å². The summed E-state index contributed by atoms with van der Waals surface area (Å²) < 4.78 is 32.5. The number of rotatable bonds is 7. The standard InChI is InChI=1S/C20H23NO7/c1-23-14-10-16(25-3)15(24-2)9-13(14)11-21-20(22)12-7-17(26-4)19-18(8-12)27-5-6-28-19/h7-10H,5-6,11H2,1-4H3,(H,21,22). The molecule has 150 valence electrons. The van der Waals surface area contributed by atoms with Crippen molar-refractivity contribution in [2.75, 3.05) is 41.7 Å². The van der Waals surface area contributed by atoms with Gasteiger partial charge in [-0.1, -0.05) is 0 Å². The van der Waals surface area contributed by atoms with Gasteiger partial charge in [-0.25, -0.2) is 0 Å². The molecule has 0 aromatic heterocycles. The van der Waals surface area contributed by atoms with Crippen LogP contribution >= 0.6 is 0 Å². The molecule has 1 amide bonds. The van der Waals surface area contributed by atoms with E-state index in [2.05, 4.69) is 5.32 Å². The van der Waals surface area contributed by atoms with Crippen LogP contribution in [0.5, 0.6) is 34.5 Å². The Hall–Kier alpha value is -3.29. The highest BCUT2D eigenvalue weighted by Crippen LogP contribution is 2.40. The number of carbonyl (C=O) groups excluding carboxylic acids is 1. The summed E-state index contributed by atoms with van der Waals surface area (Å²) in [6, 6.07) is 6.74. The molecule has 0 fully saturated rings. The third-order valence-corrected chi connectivity index (χ3v) is 4.32. The largest absolute Gasteiger partial charge is 0.496 e. The van der Waals surface area contributed by atoms with Crippen LogP contribution in [0.4, 0.5) is 0 Å². The van der Waals surface area contributed by atoms with Gasteiger partial charge in [0.1, 0.15) is 19.0 Å². The lowest BCUT2D eigenvalue weighted by Crippen LogP contribution is -2.24. The lowest BCUT2D eigenvalue weighted by Gasteiger charge is -2.21. The molecule has 0 saturated carbocycles. The summed E-state index contributed by atoms with van der Waals surface area (Å²) in [4.78, 5) is 12.7. The number of nitrogens with one attached hydrogen (secondary N) is 1. The Bertz CT molecular complexity index is 849. The molecule has 2 aromatic carbocycles. The van der Waals surface area contributed by atoms with Crippen molar-refractivity contribution in [3.63, 3.8) is 0 Å². The Kier molecular flexibility index (Phi) is 5.98. The molecule has 1 aliphatic rings. The summed E-state index contributed by atoms with van der Waals surface area (Å²) in [5.41, 5.74) is 1.15. The summed E-state index contributed by atoms with van der Waals surface area (Å²) in [5, 5.41) is 2.87. The molecule has 8 nitrogen and oxygen atoms in total. The van der Waals surface area contributed by atoms with Gasteiger partial charge in [-0.05, 0) is 18.2 Å². The number of hydrogen-bond acceptors (Lipinski definition) is 7. The Morgan fingerprint density at radius 1 is 0.857 bits per heavy atom. The van der Waals surface area contributed by atoms with E-state index >= 15 is 0 Å². The second kappa shape index (κ2) is 8.60. The van der Waals surface area contributed by atoms with Crippen molar-refractivity contribution in [2.24, 2.45) is 0 Å². The third kappa shape index (κ3) is 3.85. The number of hydrogen-bond donors (Lipinski definition) is 1. The van der Waals surface area contributed by atoms with Crippen LogP contribution in [-0.2, 0) is 6.54 Å². The van der Waals surface area contributed by atoms with E-state index in [1.54, 1.807) is 45.6 Å². The van der Waals surface area contributed by atoms with E-state index in [9.17, 15) is 4.79 Å². The number of ether oxygens (including phenoxy) is 6. The highest BCUT2D eigenvalue weighted by molar-refractivity contribution is 5.95. The maximum atomic E-state index is 12.7. The molecule has 1 N–H and O–H groups in total. The zero-order valence-electron chi connectivity index (χ0n) is 16.3. The minimum Gasteiger partial charge on any atom is -0.496 e. The second-order valence-corrected chi connectivity index (χ2v) is 5.90. The molecule has 0 saturated heterocycles. The zero-order chi connectivity index (χ0) is 20.1. The molecular weight excluding hydrogens is 366 g/mol. The fourth-order valence-corrected chi connectivity index (χ4v) is 2.91. The maximum absolute atomic E-state index is 12.7. The summed E-state index contributed by atoms with van der Waals surface area (Å²) in [6.45, 7) is 1.09. The molecule has 28 heavy (non-hydrogen) atoms. The molecule has 0 aliphatic carbocycles. The lowest BCUT2D eigenvalue weighted by atomic mass is 10.1. The smallest absolute Gasteiger partial charge is 0.251 e. The third-order valence-electron chi connectivity index (χ3n) is 4.32. The summed E-state index contributed by atoms with van der Waals surface area (Å²) in [6.07, 6.45) is 0. The van der Waals surface area contributed by atoms with Crippen molar-refractivity contribution >= 4 is 5.91 Å². The van der Waals surface area contributed by atoms with E-state index in [0.29, 0.717) is 53.3 Å². The monoisotopic (exact) mass is 389 g/mol. The van der Waals surface area contributed by atoms with E-state index in [1.165, 1.54) is 7.11 Å². The fraction of sp³-hybridized carbons (Fsp3) is 0.350. The topological polar surface area (TPSA) is 84.5 Å². The van der Waals surface area contributed by atoms with Gasteiger partial charge in [0.25, 0.3) is 5.91 Å². The Morgan fingerprint density at radius 3 is 2.18 bits per heavy atom. The lowest BCUT2D eigenvalue weighted by molar-refractivity contribution is 0.0948. The molecule has 0 bridgehead atoms.